The third-order valence-electron chi connectivity index (χ3n) is 3.24. The molecule has 18 heavy (non-hydrogen) atoms. The van der Waals surface area contributed by atoms with Crippen molar-refractivity contribution in [2.45, 2.75) is 19.5 Å². The summed E-state index contributed by atoms with van der Waals surface area (Å²) in [6.45, 7) is 3.10. The SMILES string of the molecule is CC(NCc1c[nH]c2ccccc12)c1cccs1. The van der Waals surface area contributed by atoms with Crippen LogP contribution in [0.2, 0.25) is 0 Å². The number of hydrogen-bond donors (Lipinski definition) is 2. The van der Waals surface area contributed by atoms with Crippen LogP contribution >= 0.6 is 11.3 Å². The number of aromatic nitrogens is 1. The molecule has 0 aliphatic heterocycles. The number of thiophene rings is 1. The fourth-order valence-corrected chi connectivity index (χ4v) is 2.94. The highest BCUT2D eigenvalue weighted by molar-refractivity contribution is 7.10. The summed E-state index contributed by atoms with van der Waals surface area (Å²) in [6, 6.07) is 13.1. The summed E-state index contributed by atoms with van der Waals surface area (Å²) in [4.78, 5) is 4.69. The number of benzene rings is 1. The Hall–Kier alpha value is -1.58. The zero-order chi connectivity index (χ0) is 12.4. The largest absolute Gasteiger partial charge is 0.361 e. The summed E-state index contributed by atoms with van der Waals surface area (Å²) in [6.07, 6.45) is 2.10. The Bertz CT molecular complexity index is 625. The molecule has 1 aromatic carbocycles. The summed E-state index contributed by atoms with van der Waals surface area (Å²) in [5, 5.41) is 7.00. The maximum absolute atomic E-state index is 3.57. The molecule has 3 rings (SSSR count). The molecule has 1 atom stereocenters. The van der Waals surface area contributed by atoms with Gasteiger partial charge in [0.2, 0.25) is 0 Å². The lowest BCUT2D eigenvalue weighted by Crippen LogP contribution is -2.16. The number of aromatic amines is 1. The molecule has 92 valence electrons. The van der Waals surface area contributed by atoms with Gasteiger partial charge in [-0.3, -0.25) is 0 Å². The van der Waals surface area contributed by atoms with Crippen LogP contribution in [0.3, 0.4) is 0 Å². The van der Waals surface area contributed by atoms with E-state index in [1.807, 2.05) is 0 Å². The first-order chi connectivity index (χ1) is 8.84. The van der Waals surface area contributed by atoms with E-state index < -0.39 is 0 Å². The van der Waals surface area contributed by atoms with Crippen LogP contribution < -0.4 is 5.32 Å². The highest BCUT2D eigenvalue weighted by Gasteiger charge is 2.07. The molecule has 2 nitrogen and oxygen atoms in total. The molecule has 0 fully saturated rings. The highest BCUT2D eigenvalue weighted by atomic mass is 32.1. The second-order valence-corrected chi connectivity index (χ2v) is 5.46. The number of rotatable bonds is 4. The van der Waals surface area contributed by atoms with Gasteiger partial charge in [-0.15, -0.1) is 11.3 Å². The van der Waals surface area contributed by atoms with Crippen molar-refractivity contribution in [1.29, 1.82) is 0 Å². The molecule has 0 saturated heterocycles. The van der Waals surface area contributed by atoms with Gasteiger partial charge in [-0.1, -0.05) is 24.3 Å². The van der Waals surface area contributed by atoms with E-state index in [1.54, 1.807) is 11.3 Å². The minimum absolute atomic E-state index is 0.402. The lowest BCUT2D eigenvalue weighted by Gasteiger charge is -2.11. The molecule has 1 unspecified atom stereocenters. The summed E-state index contributed by atoms with van der Waals surface area (Å²) < 4.78 is 0. The molecule has 2 heterocycles. The Labute approximate surface area is 111 Å². The number of hydrogen-bond acceptors (Lipinski definition) is 2. The van der Waals surface area contributed by atoms with E-state index in [0.29, 0.717) is 6.04 Å². The number of para-hydroxylation sites is 1. The van der Waals surface area contributed by atoms with Gasteiger partial charge in [-0.25, -0.2) is 0 Å². The Kier molecular flexibility index (Phi) is 3.17. The topological polar surface area (TPSA) is 27.8 Å². The molecular weight excluding hydrogens is 240 g/mol. The first kappa shape index (κ1) is 11.5. The van der Waals surface area contributed by atoms with Crippen LogP contribution in [0.4, 0.5) is 0 Å². The Morgan fingerprint density at radius 3 is 2.94 bits per heavy atom. The second kappa shape index (κ2) is 4.96. The smallest absolute Gasteiger partial charge is 0.0457 e. The van der Waals surface area contributed by atoms with Crippen molar-refractivity contribution in [2.24, 2.45) is 0 Å². The molecule has 3 aromatic rings. The van der Waals surface area contributed by atoms with Crippen LogP contribution in [0, 0.1) is 0 Å². The predicted molar refractivity (Wildman–Crippen MR) is 77.9 cm³/mol. The van der Waals surface area contributed by atoms with Crippen LogP contribution in [0.5, 0.6) is 0 Å². The third-order valence-corrected chi connectivity index (χ3v) is 4.30. The molecule has 0 saturated carbocycles. The maximum atomic E-state index is 3.57. The van der Waals surface area contributed by atoms with E-state index in [2.05, 4.69) is 65.2 Å². The van der Waals surface area contributed by atoms with E-state index in [1.165, 1.54) is 21.3 Å². The van der Waals surface area contributed by atoms with Gasteiger partial charge in [0.1, 0.15) is 0 Å². The van der Waals surface area contributed by atoms with Gasteiger partial charge < -0.3 is 10.3 Å². The van der Waals surface area contributed by atoms with E-state index in [9.17, 15) is 0 Å². The van der Waals surface area contributed by atoms with Crippen LogP contribution in [-0.2, 0) is 6.54 Å². The van der Waals surface area contributed by atoms with Crippen molar-refractivity contribution in [3.8, 4) is 0 Å². The summed E-state index contributed by atoms with van der Waals surface area (Å²) in [5.74, 6) is 0. The molecular formula is C15H16N2S. The Morgan fingerprint density at radius 1 is 1.22 bits per heavy atom. The average molecular weight is 256 g/mol. The maximum Gasteiger partial charge on any atom is 0.0457 e. The van der Waals surface area contributed by atoms with Gasteiger partial charge in [-0.2, -0.15) is 0 Å². The molecule has 0 bridgehead atoms. The molecule has 2 aromatic heterocycles. The van der Waals surface area contributed by atoms with Crippen molar-refractivity contribution in [3.63, 3.8) is 0 Å². The molecule has 0 amide bonds. The fraction of sp³-hybridized carbons (Fsp3) is 0.200. The monoisotopic (exact) mass is 256 g/mol. The minimum Gasteiger partial charge on any atom is -0.361 e. The third kappa shape index (κ3) is 2.19. The molecule has 3 heteroatoms. The van der Waals surface area contributed by atoms with Crippen molar-refractivity contribution in [3.05, 3.63) is 58.4 Å². The van der Waals surface area contributed by atoms with Gasteiger partial charge >= 0.3 is 0 Å². The minimum atomic E-state index is 0.402. The standard InChI is InChI=1S/C15H16N2S/c1-11(15-7-4-8-18-15)16-9-12-10-17-14-6-3-2-5-13(12)14/h2-8,10-11,16-17H,9H2,1H3. The molecule has 0 aliphatic rings. The Balaban J connectivity index is 1.73. The van der Waals surface area contributed by atoms with Gasteiger partial charge in [-0.05, 0) is 30.0 Å². The van der Waals surface area contributed by atoms with Gasteiger partial charge in [0.05, 0.1) is 0 Å². The summed E-state index contributed by atoms with van der Waals surface area (Å²) in [7, 11) is 0. The van der Waals surface area contributed by atoms with E-state index in [4.69, 9.17) is 0 Å². The van der Waals surface area contributed by atoms with Crippen LogP contribution in [-0.4, -0.2) is 4.98 Å². The summed E-state index contributed by atoms with van der Waals surface area (Å²) >= 11 is 1.80. The molecule has 0 radical (unpaired) electrons. The van der Waals surface area contributed by atoms with E-state index in [-0.39, 0.29) is 0 Å². The number of nitrogens with one attached hydrogen (secondary N) is 2. The van der Waals surface area contributed by atoms with Crippen molar-refractivity contribution in [1.82, 2.24) is 10.3 Å². The zero-order valence-electron chi connectivity index (χ0n) is 10.3. The fourth-order valence-electron chi connectivity index (χ4n) is 2.18. The van der Waals surface area contributed by atoms with Gasteiger partial charge in [0.25, 0.3) is 0 Å². The predicted octanol–water partition coefficient (Wildman–Crippen LogP) is 4.08. The average Bonchev–Trinajstić information content (AvgIpc) is 3.06. The van der Waals surface area contributed by atoms with Crippen molar-refractivity contribution < 1.29 is 0 Å². The quantitative estimate of drug-likeness (QED) is 0.723. The molecule has 0 aliphatic carbocycles. The van der Waals surface area contributed by atoms with Gasteiger partial charge in [0.15, 0.2) is 0 Å². The van der Waals surface area contributed by atoms with Crippen LogP contribution in [0.15, 0.2) is 48.0 Å². The van der Waals surface area contributed by atoms with E-state index >= 15 is 0 Å². The van der Waals surface area contributed by atoms with E-state index in [0.717, 1.165) is 6.54 Å². The summed E-state index contributed by atoms with van der Waals surface area (Å²) in [5.41, 5.74) is 2.53. The van der Waals surface area contributed by atoms with Gasteiger partial charge in [0, 0.05) is 34.6 Å². The number of H-pyrrole nitrogens is 1. The van der Waals surface area contributed by atoms with Crippen molar-refractivity contribution >= 4 is 22.2 Å². The highest BCUT2D eigenvalue weighted by Crippen LogP contribution is 2.21. The van der Waals surface area contributed by atoms with Crippen LogP contribution in [0.25, 0.3) is 10.9 Å². The first-order valence-corrected chi connectivity index (χ1v) is 7.04. The zero-order valence-corrected chi connectivity index (χ0v) is 11.1. The molecule has 0 spiro atoms. The lowest BCUT2D eigenvalue weighted by atomic mass is 10.1. The van der Waals surface area contributed by atoms with Crippen molar-refractivity contribution in [2.75, 3.05) is 0 Å². The normalized spacial score (nSPS) is 12.9. The lowest BCUT2D eigenvalue weighted by molar-refractivity contribution is 0.585. The first-order valence-electron chi connectivity index (χ1n) is 6.16. The second-order valence-electron chi connectivity index (χ2n) is 4.48. The molecule has 2 N–H and O–H groups in total. The van der Waals surface area contributed by atoms with Crippen LogP contribution in [0.1, 0.15) is 23.4 Å². The number of fused-ring (bicyclic) bond motifs is 1. The Morgan fingerprint density at radius 2 is 2.11 bits per heavy atom.